The molecule has 0 heterocycles. The summed E-state index contributed by atoms with van der Waals surface area (Å²) < 4.78 is 0.531. The first-order valence-electron chi connectivity index (χ1n) is 10.0. The van der Waals surface area contributed by atoms with Crippen LogP contribution in [0, 0.1) is 12.3 Å². The molecule has 2 nitrogen and oxygen atoms in total. The number of aliphatic carboxylic acids is 1. The summed E-state index contributed by atoms with van der Waals surface area (Å²) in [6.07, 6.45) is 13.0. The molecule has 0 saturated carbocycles. The molecule has 0 amide bonds. The highest BCUT2D eigenvalue weighted by molar-refractivity contribution is 9.11. The van der Waals surface area contributed by atoms with Gasteiger partial charge in [-0.1, -0.05) is 83.4 Å². The zero-order chi connectivity index (χ0) is 21.6. The van der Waals surface area contributed by atoms with Gasteiger partial charge < -0.3 is 5.11 Å². The fraction of sp³-hybridized carbons (Fsp3) is 0.346. The van der Waals surface area contributed by atoms with Crippen LogP contribution in [0.5, 0.6) is 0 Å². The van der Waals surface area contributed by atoms with Gasteiger partial charge in [0.2, 0.25) is 0 Å². The lowest BCUT2D eigenvalue weighted by molar-refractivity contribution is -0.131. The Hall–Kier alpha value is -2.13. The lowest BCUT2D eigenvalue weighted by atomic mass is 9.72. The molecule has 0 bridgehead atoms. The van der Waals surface area contributed by atoms with Crippen LogP contribution in [0.2, 0.25) is 0 Å². The van der Waals surface area contributed by atoms with Crippen molar-refractivity contribution in [3.05, 3.63) is 87.0 Å². The first-order valence-corrected chi connectivity index (χ1v) is 10.8. The highest BCUT2D eigenvalue weighted by Gasteiger charge is 2.26. The number of benzene rings is 1. The average Bonchev–Trinajstić information content (AvgIpc) is 2.62. The quantitative estimate of drug-likeness (QED) is 0.351. The highest BCUT2D eigenvalue weighted by Crippen LogP contribution is 2.41. The van der Waals surface area contributed by atoms with Gasteiger partial charge in [0, 0.05) is 10.6 Å². The van der Waals surface area contributed by atoms with E-state index in [1.165, 1.54) is 36.0 Å². The molecule has 0 saturated heterocycles. The van der Waals surface area contributed by atoms with Crippen molar-refractivity contribution in [3.63, 3.8) is 0 Å². The summed E-state index contributed by atoms with van der Waals surface area (Å²) in [6, 6.07) is 8.52. The number of rotatable bonds is 6. The Morgan fingerprint density at radius 2 is 1.76 bits per heavy atom. The van der Waals surface area contributed by atoms with Crippen LogP contribution in [0.25, 0.3) is 5.57 Å². The standard InChI is InChI=1S/C26H31BrO2/c1-18-8-11-21(12-9-18)23(19(2)10-13-22(27)17-25(28)29)14-15-24-20(3)7-6-16-26(24,4)5/h8-15,17H,6-7,16H2,1-5H3,(H,28,29)/b13-10+,15-14+,22-17-,23-19-. The molecule has 3 heteroatoms. The van der Waals surface area contributed by atoms with Crippen molar-refractivity contribution in [1.29, 1.82) is 0 Å². The topological polar surface area (TPSA) is 37.3 Å². The SMILES string of the molecule is CC1=C(/C=C/C(=C(C)/C=C/C(Br)=C/C(=O)O)c2ccc(C)cc2)C(C)(C)CCC1. The Morgan fingerprint density at radius 3 is 2.34 bits per heavy atom. The first-order chi connectivity index (χ1) is 13.6. The van der Waals surface area contributed by atoms with Gasteiger partial charge in [0.1, 0.15) is 0 Å². The zero-order valence-corrected chi connectivity index (χ0v) is 19.6. The summed E-state index contributed by atoms with van der Waals surface area (Å²) in [6.45, 7) is 11.0. The number of halogens is 1. The van der Waals surface area contributed by atoms with Crippen LogP contribution in [0.3, 0.4) is 0 Å². The summed E-state index contributed by atoms with van der Waals surface area (Å²) >= 11 is 3.29. The van der Waals surface area contributed by atoms with Crippen molar-refractivity contribution in [2.24, 2.45) is 5.41 Å². The highest BCUT2D eigenvalue weighted by atomic mass is 79.9. The van der Waals surface area contributed by atoms with E-state index >= 15 is 0 Å². The Bertz CT molecular complexity index is 907. The van der Waals surface area contributed by atoms with Crippen molar-refractivity contribution in [2.75, 3.05) is 0 Å². The molecule has 0 atom stereocenters. The fourth-order valence-electron chi connectivity index (χ4n) is 3.83. The van der Waals surface area contributed by atoms with E-state index in [9.17, 15) is 4.79 Å². The minimum Gasteiger partial charge on any atom is -0.478 e. The van der Waals surface area contributed by atoms with Gasteiger partial charge in [0.15, 0.2) is 0 Å². The van der Waals surface area contributed by atoms with E-state index in [0.29, 0.717) is 4.48 Å². The van der Waals surface area contributed by atoms with Gasteiger partial charge >= 0.3 is 5.97 Å². The Balaban J connectivity index is 2.49. The molecule has 1 aliphatic carbocycles. The molecule has 154 valence electrons. The van der Waals surface area contributed by atoms with Crippen LogP contribution < -0.4 is 0 Å². The maximum Gasteiger partial charge on any atom is 0.329 e. The molecule has 0 aliphatic heterocycles. The van der Waals surface area contributed by atoms with Gasteiger partial charge in [-0.15, -0.1) is 0 Å². The summed E-state index contributed by atoms with van der Waals surface area (Å²) in [7, 11) is 0. The molecule has 1 aliphatic rings. The van der Waals surface area contributed by atoms with Gasteiger partial charge in [-0.3, -0.25) is 0 Å². The van der Waals surface area contributed by atoms with Crippen LogP contribution in [0.15, 0.2) is 75.8 Å². The maximum absolute atomic E-state index is 10.8. The second kappa shape index (κ2) is 10.1. The van der Waals surface area contributed by atoms with Crippen molar-refractivity contribution in [2.45, 2.75) is 53.9 Å². The monoisotopic (exact) mass is 454 g/mol. The third-order valence-corrected chi connectivity index (χ3v) is 5.99. The molecule has 1 aromatic rings. The molecular formula is C26H31BrO2. The maximum atomic E-state index is 10.8. The predicted molar refractivity (Wildman–Crippen MR) is 127 cm³/mol. The van der Waals surface area contributed by atoms with Crippen molar-refractivity contribution in [1.82, 2.24) is 0 Å². The first kappa shape index (κ1) is 23.2. The second-order valence-corrected chi connectivity index (χ2v) is 9.34. The molecule has 0 radical (unpaired) electrons. The van der Waals surface area contributed by atoms with Gasteiger partial charge in [-0.05, 0) is 73.8 Å². The molecule has 29 heavy (non-hydrogen) atoms. The van der Waals surface area contributed by atoms with E-state index in [1.807, 2.05) is 6.08 Å². The third-order valence-electron chi connectivity index (χ3n) is 5.50. The van der Waals surface area contributed by atoms with Gasteiger partial charge in [0.25, 0.3) is 0 Å². The minimum atomic E-state index is -0.969. The largest absolute Gasteiger partial charge is 0.478 e. The van der Waals surface area contributed by atoms with Gasteiger partial charge in [0.05, 0.1) is 0 Å². The zero-order valence-electron chi connectivity index (χ0n) is 18.1. The molecule has 0 fully saturated rings. The molecule has 2 rings (SSSR count). The molecular weight excluding hydrogens is 424 g/mol. The van der Waals surface area contributed by atoms with Crippen molar-refractivity contribution in [3.8, 4) is 0 Å². The van der Waals surface area contributed by atoms with Crippen LogP contribution in [-0.2, 0) is 4.79 Å². The summed E-state index contributed by atoms with van der Waals surface area (Å²) in [4.78, 5) is 10.8. The van der Waals surface area contributed by atoms with Crippen LogP contribution in [0.4, 0.5) is 0 Å². The number of carbonyl (C=O) groups is 1. The van der Waals surface area contributed by atoms with Gasteiger partial charge in [-0.2, -0.15) is 0 Å². The molecule has 1 aromatic carbocycles. The Labute approximate surface area is 183 Å². The van der Waals surface area contributed by atoms with E-state index < -0.39 is 5.97 Å². The van der Waals surface area contributed by atoms with Crippen LogP contribution >= 0.6 is 15.9 Å². The number of hydrogen-bond acceptors (Lipinski definition) is 1. The normalized spacial score (nSPS) is 18.5. The summed E-state index contributed by atoms with van der Waals surface area (Å²) in [5.41, 5.74) is 7.68. The number of carboxylic acids is 1. The predicted octanol–water partition coefficient (Wildman–Crippen LogP) is 7.77. The van der Waals surface area contributed by atoms with Crippen molar-refractivity contribution >= 4 is 27.5 Å². The lowest BCUT2D eigenvalue weighted by Gasteiger charge is -2.33. The van der Waals surface area contributed by atoms with E-state index in [4.69, 9.17) is 5.11 Å². The molecule has 0 aromatic heterocycles. The summed E-state index contributed by atoms with van der Waals surface area (Å²) in [5.74, 6) is -0.969. The molecule has 1 N–H and O–H groups in total. The number of hydrogen-bond donors (Lipinski definition) is 1. The molecule has 0 spiro atoms. The lowest BCUT2D eigenvalue weighted by Crippen LogP contribution is -2.19. The average molecular weight is 455 g/mol. The van der Waals surface area contributed by atoms with E-state index in [-0.39, 0.29) is 5.41 Å². The Kier molecular flexibility index (Phi) is 8.04. The van der Waals surface area contributed by atoms with Crippen molar-refractivity contribution < 1.29 is 9.90 Å². The van der Waals surface area contributed by atoms with Crippen LogP contribution in [-0.4, -0.2) is 11.1 Å². The van der Waals surface area contributed by atoms with E-state index in [0.717, 1.165) is 22.8 Å². The Morgan fingerprint density at radius 1 is 1.10 bits per heavy atom. The number of aryl methyl sites for hydroxylation is 1. The third kappa shape index (κ3) is 6.71. The van der Waals surface area contributed by atoms with Gasteiger partial charge in [-0.25, -0.2) is 4.79 Å². The number of allylic oxidation sites excluding steroid dienone is 9. The number of carboxylic acid groups (broad SMARTS) is 1. The van der Waals surface area contributed by atoms with E-state index in [1.54, 1.807) is 6.08 Å². The van der Waals surface area contributed by atoms with Crippen LogP contribution in [0.1, 0.15) is 58.1 Å². The summed E-state index contributed by atoms with van der Waals surface area (Å²) in [5, 5.41) is 8.90. The van der Waals surface area contributed by atoms with E-state index in [2.05, 4.69) is 87.0 Å². The smallest absolute Gasteiger partial charge is 0.329 e. The second-order valence-electron chi connectivity index (χ2n) is 8.43. The fourth-order valence-corrected chi connectivity index (χ4v) is 4.15. The molecule has 0 unspecified atom stereocenters. The minimum absolute atomic E-state index is 0.189.